The predicted molar refractivity (Wildman–Crippen MR) is 71.1 cm³/mol. The zero-order valence-electron chi connectivity index (χ0n) is 10.3. The second-order valence-corrected chi connectivity index (χ2v) is 6.17. The van der Waals surface area contributed by atoms with Gasteiger partial charge in [-0.15, -0.1) is 0 Å². The molecule has 0 unspecified atom stereocenters. The highest BCUT2D eigenvalue weighted by Crippen LogP contribution is 2.42. The Morgan fingerprint density at radius 1 is 1.47 bits per heavy atom. The third-order valence-electron chi connectivity index (χ3n) is 3.29. The zero-order valence-corrected chi connectivity index (χ0v) is 12.4. The molecule has 0 aromatic carbocycles. The van der Waals surface area contributed by atoms with Crippen molar-refractivity contribution in [3.63, 3.8) is 0 Å². The van der Waals surface area contributed by atoms with Gasteiger partial charge in [-0.3, -0.25) is 4.79 Å². The van der Waals surface area contributed by atoms with E-state index >= 15 is 0 Å². The molecule has 2 aliphatic rings. The van der Waals surface area contributed by atoms with E-state index in [9.17, 15) is 4.79 Å². The van der Waals surface area contributed by atoms with Gasteiger partial charge in [-0.2, -0.15) is 0 Å². The number of ether oxygens (including phenoxy) is 3. The molecule has 0 amide bonds. The SMILES string of the molecule is CC(=O)O[C@H]1C[C@H](C)O[C@]2(CCCCO2)[C@@H]1I. The first-order valence-electron chi connectivity index (χ1n) is 6.16. The Bertz CT molecular complexity index is 288. The average Bonchev–Trinajstić information content (AvgIpc) is 2.26. The molecule has 98 valence electrons. The summed E-state index contributed by atoms with van der Waals surface area (Å²) in [7, 11) is 0. The molecule has 0 radical (unpaired) electrons. The maximum atomic E-state index is 11.1. The van der Waals surface area contributed by atoms with Crippen LogP contribution in [0.25, 0.3) is 0 Å². The van der Waals surface area contributed by atoms with Crippen molar-refractivity contribution in [1.29, 1.82) is 0 Å². The minimum absolute atomic E-state index is 0.0699. The lowest BCUT2D eigenvalue weighted by atomic mass is 9.93. The topological polar surface area (TPSA) is 44.8 Å². The number of carbonyl (C=O) groups excluding carboxylic acids is 1. The molecule has 2 heterocycles. The van der Waals surface area contributed by atoms with Crippen LogP contribution in [0, 0.1) is 0 Å². The van der Waals surface area contributed by atoms with Gasteiger partial charge >= 0.3 is 5.97 Å². The first-order valence-corrected chi connectivity index (χ1v) is 7.41. The molecule has 1 spiro atoms. The normalized spacial score (nSPS) is 42.4. The van der Waals surface area contributed by atoms with Gasteiger partial charge in [0.2, 0.25) is 0 Å². The van der Waals surface area contributed by atoms with Crippen LogP contribution in [0.2, 0.25) is 0 Å². The van der Waals surface area contributed by atoms with E-state index in [1.807, 2.05) is 6.92 Å². The molecule has 0 saturated carbocycles. The van der Waals surface area contributed by atoms with E-state index in [1.54, 1.807) is 0 Å². The molecule has 0 N–H and O–H groups in total. The molecule has 17 heavy (non-hydrogen) atoms. The quantitative estimate of drug-likeness (QED) is 0.412. The van der Waals surface area contributed by atoms with Crippen molar-refractivity contribution in [1.82, 2.24) is 0 Å². The summed E-state index contributed by atoms with van der Waals surface area (Å²) in [6.45, 7) is 4.20. The molecule has 0 aliphatic carbocycles. The van der Waals surface area contributed by atoms with Crippen molar-refractivity contribution >= 4 is 28.6 Å². The standard InChI is InChI=1S/C12H19IO4/c1-8-7-10(16-9(2)14)11(13)12(17-8)5-3-4-6-15-12/h8,10-11H,3-7H2,1-2H3/t8-,10-,11+,12+/m0/s1. The van der Waals surface area contributed by atoms with Crippen LogP contribution in [0.1, 0.15) is 39.5 Å². The van der Waals surface area contributed by atoms with Gasteiger partial charge in [0, 0.05) is 19.8 Å². The van der Waals surface area contributed by atoms with E-state index in [-0.39, 0.29) is 22.1 Å². The Labute approximate surface area is 116 Å². The smallest absolute Gasteiger partial charge is 0.302 e. The highest BCUT2D eigenvalue weighted by atomic mass is 127. The number of esters is 1. The molecular weight excluding hydrogens is 335 g/mol. The predicted octanol–water partition coefficient (Wildman–Crippen LogP) is 2.43. The van der Waals surface area contributed by atoms with Gasteiger partial charge in [0.05, 0.1) is 12.7 Å². The van der Waals surface area contributed by atoms with Crippen LogP contribution in [0.15, 0.2) is 0 Å². The molecule has 5 heteroatoms. The number of rotatable bonds is 1. The molecular formula is C12H19IO4. The summed E-state index contributed by atoms with van der Waals surface area (Å²) in [5.74, 6) is -0.770. The van der Waals surface area contributed by atoms with Crippen LogP contribution in [-0.2, 0) is 19.0 Å². The van der Waals surface area contributed by atoms with Gasteiger partial charge in [-0.05, 0) is 19.8 Å². The van der Waals surface area contributed by atoms with Crippen molar-refractivity contribution in [3.8, 4) is 0 Å². The van der Waals surface area contributed by atoms with Gasteiger partial charge < -0.3 is 14.2 Å². The van der Waals surface area contributed by atoms with Gasteiger partial charge in [-0.1, -0.05) is 22.6 Å². The minimum Gasteiger partial charge on any atom is -0.461 e. The van der Waals surface area contributed by atoms with E-state index in [1.165, 1.54) is 6.92 Å². The van der Waals surface area contributed by atoms with Crippen molar-refractivity contribution in [2.45, 2.75) is 61.5 Å². The molecule has 4 nitrogen and oxygen atoms in total. The second-order valence-electron chi connectivity index (χ2n) is 4.83. The molecule has 2 rings (SSSR count). The van der Waals surface area contributed by atoms with Crippen molar-refractivity contribution in [2.24, 2.45) is 0 Å². The molecule has 2 saturated heterocycles. The molecule has 0 aromatic heterocycles. The van der Waals surface area contributed by atoms with Crippen LogP contribution in [0.4, 0.5) is 0 Å². The maximum absolute atomic E-state index is 11.1. The van der Waals surface area contributed by atoms with Gasteiger partial charge in [-0.25, -0.2) is 0 Å². The Morgan fingerprint density at radius 3 is 2.82 bits per heavy atom. The van der Waals surface area contributed by atoms with E-state index < -0.39 is 5.79 Å². The summed E-state index contributed by atoms with van der Waals surface area (Å²) in [6.07, 6.45) is 3.81. The Balaban J connectivity index is 2.12. The van der Waals surface area contributed by atoms with Crippen molar-refractivity contribution in [2.75, 3.05) is 6.61 Å². The lowest BCUT2D eigenvalue weighted by Crippen LogP contribution is -2.58. The van der Waals surface area contributed by atoms with Crippen LogP contribution >= 0.6 is 22.6 Å². The van der Waals surface area contributed by atoms with Gasteiger partial charge in [0.15, 0.2) is 5.79 Å². The third-order valence-corrected chi connectivity index (χ3v) is 5.05. The Hall–Kier alpha value is 0.120. The van der Waals surface area contributed by atoms with E-state index in [0.29, 0.717) is 0 Å². The first-order chi connectivity index (χ1) is 8.03. The highest BCUT2D eigenvalue weighted by molar-refractivity contribution is 14.1. The number of hydrogen-bond donors (Lipinski definition) is 0. The average molecular weight is 354 g/mol. The fraction of sp³-hybridized carbons (Fsp3) is 0.917. The number of hydrogen-bond acceptors (Lipinski definition) is 4. The van der Waals surface area contributed by atoms with Crippen molar-refractivity contribution in [3.05, 3.63) is 0 Å². The Morgan fingerprint density at radius 2 is 2.24 bits per heavy atom. The van der Waals surface area contributed by atoms with E-state index in [4.69, 9.17) is 14.2 Å². The summed E-state index contributed by atoms with van der Waals surface area (Å²) in [5.41, 5.74) is 0. The summed E-state index contributed by atoms with van der Waals surface area (Å²) >= 11 is 2.31. The van der Waals surface area contributed by atoms with Gasteiger partial charge in [0.25, 0.3) is 0 Å². The van der Waals surface area contributed by atoms with Crippen LogP contribution < -0.4 is 0 Å². The minimum atomic E-state index is -0.545. The highest BCUT2D eigenvalue weighted by Gasteiger charge is 2.51. The summed E-state index contributed by atoms with van der Waals surface area (Å²) in [6, 6.07) is 0. The molecule has 2 fully saturated rings. The first kappa shape index (κ1) is 13.5. The van der Waals surface area contributed by atoms with Crippen molar-refractivity contribution < 1.29 is 19.0 Å². The van der Waals surface area contributed by atoms with Gasteiger partial charge in [0.1, 0.15) is 10.0 Å². The van der Waals surface area contributed by atoms with Crippen LogP contribution in [0.3, 0.4) is 0 Å². The summed E-state index contributed by atoms with van der Waals surface area (Å²) in [4.78, 5) is 11.1. The number of halogens is 1. The molecule has 0 bridgehead atoms. The Kier molecular flexibility index (Phi) is 4.31. The summed E-state index contributed by atoms with van der Waals surface area (Å²) in [5, 5.41) is 0. The number of carbonyl (C=O) groups is 1. The van der Waals surface area contributed by atoms with Crippen LogP contribution in [-0.4, -0.2) is 34.5 Å². The zero-order chi connectivity index (χ0) is 12.5. The maximum Gasteiger partial charge on any atom is 0.302 e. The van der Waals surface area contributed by atoms with E-state index in [0.717, 1.165) is 32.3 Å². The lowest BCUT2D eigenvalue weighted by molar-refractivity contribution is -0.299. The lowest BCUT2D eigenvalue weighted by Gasteiger charge is -2.48. The molecule has 4 atom stereocenters. The third kappa shape index (κ3) is 2.93. The van der Waals surface area contributed by atoms with E-state index in [2.05, 4.69) is 22.6 Å². The fourth-order valence-corrected chi connectivity index (χ4v) is 3.68. The monoisotopic (exact) mass is 354 g/mol. The second kappa shape index (κ2) is 5.40. The molecule has 2 aliphatic heterocycles. The number of alkyl halides is 1. The largest absolute Gasteiger partial charge is 0.461 e. The molecule has 0 aromatic rings. The van der Waals surface area contributed by atoms with Crippen LogP contribution in [0.5, 0.6) is 0 Å². The fourth-order valence-electron chi connectivity index (χ4n) is 2.61. The summed E-state index contributed by atoms with van der Waals surface area (Å²) < 4.78 is 17.4.